The minimum absolute atomic E-state index is 0.640. The third-order valence-corrected chi connectivity index (χ3v) is 22.5. The first kappa shape index (κ1) is 89.5. The zero-order valence-electron chi connectivity index (χ0n) is 64.5. The fourth-order valence-corrected chi connectivity index (χ4v) is 14.9. The van der Waals surface area contributed by atoms with Gasteiger partial charge in [-0.15, -0.1) is 0 Å². The molecule has 10 nitrogen and oxygen atoms in total. The third kappa shape index (κ3) is 39.2. The first-order valence-electron chi connectivity index (χ1n) is 38.6. The predicted molar refractivity (Wildman–Crippen MR) is 421 cm³/mol. The topological polar surface area (TPSA) is 260 Å². The van der Waals surface area contributed by atoms with Crippen molar-refractivity contribution in [2.24, 2.45) is 134 Å². The van der Waals surface area contributed by atoms with E-state index in [1.807, 2.05) is 0 Å². The molecule has 0 saturated heterocycles. The number of nitrogens with two attached hydrogens (primary N) is 10. The van der Waals surface area contributed by atoms with Crippen molar-refractivity contribution in [3.8, 4) is 0 Å². The van der Waals surface area contributed by atoms with Crippen molar-refractivity contribution in [2.75, 3.05) is 39.3 Å². The van der Waals surface area contributed by atoms with E-state index in [1.165, 1.54) is 214 Å². The van der Waals surface area contributed by atoms with Gasteiger partial charge in [0.05, 0.1) is 0 Å². The van der Waals surface area contributed by atoms with E-state index in [1.54, 1.807) is 0 Å². The lowest BCUT2D eigenvalue weighted by molar-refractivity contribution is 0.188. The summed E-state index contributed by atoms with van der Waals surface area (Å²) in [5.74, 6) is 11.4. The molecule has 0 aromatic heterocycles. The normalized spacial score (nSPS) is 25.4. The lowest BCUT2D eigenvalue weighted by Crippen LogP contribution is -2.29. The molecule has 4 aromatic carbocycles. The highest BCUT2D eigenvalue weighted by Crippen LogP contribution is 2.35. The van der Waals surface area contributed by atoms with Crippen LogP contribution in [0.15, 0.2) is 72.8 Å². The maximum absolute atomic E-state index is 5.66. The van der Waals surface area contributed by atoms with Gasteiger partial charge in [-0.05, 0) is 286 Å². The van der Waals surface area contributed by atoms with Crippen molar-refractivity contribution < 1.29 is 0 Å². The van der Waals surface area contributed by atoms with Gasteiger partial charge in [0, 0.05) is 26.2 Å². The maximum Gasteiger partial charge on any atom is 0.0183 e. The van der Waals surface area contributed by atoms with E-state index < -0.39 is 0 Å². The summed E-state index contributed by atoms with van der Waals surface area (Å²) < 4.78 is 0. The van der Waals surface area contributed by atoms with Gasteiger partial charge in [0.25, 0.3) is 0 Å². The molecule has 6 aliphatic carbocycles. The fourth-order valence-electron chi connectivity index (χ4n) is 14.9. The highest BCUT2D eigenvalue weighted by atomic mass is 14.6. The Balaban J connectivity index is 0.000000528. The van der Waals surface area contributed by atoms with E-state index in [2.05, 4.69) is 177 Å². The Labute approximate surface area is 587 Å². The van der Waals surface area contributed by atoms with Crippen LogP contribution in [-0.2, 0) is 26.2 Å². The number of rotatable bonds is 10. The minimum atomic E-state index is 0.640. The molecule has 10 heteroatoms. The number of benzene rings is 4. The lowest BCUT2D eigenvalue weighted by atomic mass is 9.74. The van der Waals surface area contributed by atoms with Gasteiger partial charge in [-0.25, -0.2) is 0 Å². The SMILES string of the molecule is CC1CCC(CN)C(C)C1.CC1CCC(CN)CC1.CC1CCCC(CN)C1.CC1CCCC(CN)C1C.CC1CCCCC1CN.Cc1cc(C)cc(CN)c1.Cc1ccc(C)c(CN)c1.Cc1ccc(CN)cc1C.Cc1cccc(C)c1CN.NCC1CCCCC1. The molecule has 0 bridgehead atoms. The van der Waals surface area contributed by atoms with Gasteiger partial charge < -0.3 is 57.3 Å². The first-order chi connectivity index (χ1) is 45.4. The molecule has 6 aliphatic rings. The van der Waals surface area contributed by atoms with Crippen LogP contribution < -0.4 is 57.3 Å². The molecular formula is C85H156N10. The van der Waals surface area contributed by atoms with Gasteiger partial charge in [0.2, 0.25) is 0 Å². The summed E-state index contributed by atoms with van der Waals surface area (Å²) in [6, 6.07) is 25.3. The van der Waals surface area contributed by atoms with Crippen LogP contribution in [0, 0.1) is 132 Å². The van der Waals surface area contributed by atoms with Crippen molar-refractivity contribution in [3.63, 3.8) is 0 Å². The van der Waals surface area contributed by atoms with E-state index >= 15 is 0 Å². The highest BCUT2D eigenvalue weighted by Gasteiger charge is 2.26. The van der Waals surface area contributed by atoms with Crippen LogP contribution in [0.1, 0.15) is 263 Å². The van der Waals surface area contributed by atoms with E-state index in [0.717, 1.165) is 116 Å². The Morgan fingerprint density at radius 2 is 0.779 bits per heavy atom. The van der Waals surface area contributed by atoms with E-state index in [9.17, 15) is 0 Å². The van der Waals surface area contributed by atoms with E-state index in [0.29, 0.717) is 26.2 Å². The number of aryl methyl sites for hydroxylation is 8. The first-order valence-corrected chi connectivity index (χ1v) is 38.6. The molecule has 4 aromatic rings. The van der Waals surface area contributed by atoms with Crippen LogP contribution in [0.2, 0.25) is 0 Å². The molecule has 546 valence electrons. The smallest absolute Gasteiger partial charge is 0.0183 e. The van der Waals surface area contributed by atoms with Crippen molar-refractivity contribution in [2.45, 2.75) is 278 Å². The standard InChI is InChI=1S/2C9H13N.C9H19N.C9H13N.C9H19N.C9H13N.3C8H17N.C7H15N/c1-7-3-8(2)5-9(4-7)6-10;1-7-3-4-9(6-10)5-8(7)2;1-7-3-4-9(6-10)8(2)5-7;1-7-3-4-8(2)9(5-7)6-10;1-7-4-3-5-9(6-10)8(7)2;1-7-4-3-5-8(2)9(7)6-10;1-7-2-4-8(6-9)5-3-7;1-7-3-2-4-8(5-7)6-9;1-7-4-2-3-5-8(7)6-9;8-6-7-4-2-1-3-5-7/h2*3-5H,6,10H2,1-2H3;7-9H,3-6,10H2,1-2H3;3-5H,6,10H2,1-2H3;7-9H,3-6,10H2,1-2H3;3-5H,6,10H2,1-2H3;3*7-8H,2-6,9H2,1H3;7H,1-6,8H2. The Morgan fingerprint density at radius 1 is 0.295 bits per heavy atom. The molecule has 6 fully saturated rings. The van der Waals surface area contributed by atoms with Crippen molar-refractivity contribution in [1.29, 1.82) is 0 Å². The van der Waals surface area contributed by atoms with E-state index in [4.69, 9.17) is 57.3 Å². The molecule has 10 atom stereocenters. The summed E-state index contributed by atoms with van der Waals surface area (Å²) in [6.45, 7) is 41.1. The van der Waals surface area contributed by atoms with Gasteiger partial charge in [-0.1, -0.05) is 221 Å². The molecule has 0 spiro atoms. The summed E-state index contributed by atoms with van der Waals surface area (Å²) in [5, 5.41) is 0. The van der Waals surface area contributed by atoms with Crippen LogP contribution in [-0.4, -0.2) is 39.3 Å². The molecule has 10 unspecified atom stereocenters. The Bertz CT molecular complexity index is 2460. The summed E-state index contributed by atoms with van der Waals surface area (Å²) >= 11 is 0. The van der Waals surface area contributed by atoms with Crippen molar-refractivity contribution in [1.82, 2.24) is 0 Å². The second-order valence-corrected chi connectivity index (χ2v) is 30.9. The molecular weight excluding hydrogens is 1160 g/mol. The maximum atomic E-state index is 5.66. The molecule has 0 radical (unpaired) electrons. The Hall–Kier alpha value is -3.52. The molecule has 0 amide bonds. The molecule has 20 N–H and O–H groups in total. The van der Waals surface area contributed by atoms with Crippen LogP contribution in [0.5, 0.6) is 0 Å². The summed E-state index contributed by atoms with van der Waals surface area (Å²) in [6.07, 6.45) is 32.1. The van der Waals surface area contributed by atoms with Crippen LogP contribution in [0.3, 0.4) is 0 Å². The monoisotopic (exact) mass is 1320 g/mol. The number of hydrogen-bond donors (Lipinski definition) is 10. The molecule has 6 saturated carbocycles. The lowest BCUT2D eigenvalue weighted by Gasteiger charge is -2.33. The zero-order valence-corrected chi connectivity index (χ0v) is 64.5. The molecule has 0 aliphatic heterocycles. The Kier molecular flexibility index (Phi) is 50.3. The van der Waals surface area contributed by atoms with Gasteiger partial charge in [-0.2, -0.15) is 0 Å². The molecule has 10 rings (SSSR count). The quantitative estimate of drug-likeness (QED) is 0.0718. The minimum Gasteiger partial charge on any atom is -0.330 e. The highest BCUT2D eigenvalue weighted by molar-refractivity contribution is 5.33. The van der Waals surface area contributed by atoms with Crippen LogP contribution in [0.25, 0.3) is 0 Å². The summed E-state index contributed by atoms with van der Waals surface area (Å²) in [4.78, 5) is 0. The average molecular weight is 1320 g/mol. The zero-order chi connectivity index (χ0) is 71.3. The van der Waals surface area contributed by atoms with Gasteiger partial charge in [0.1, 0.15) is 0 Å². The summed E-state index contributed by atoms with van der Waals surface area (Å²) in [5.41, 5.74) is 70.9. The predicted octanol–water partition coefficient (Wildman–Crippen LogP) is 17.9. The Morgan fingerprint density at radius 3 is 1.22 bits per heavy atom. The fraction of sp³-hybridized carbons (Fsp3) is 0.718. The van der Waals surface area contributed by atoms with Crippen molar-refractivity contribution in [3.05, 3.63) is 140 Å². The second-order valence-electron chi connectivity index (χ2n) is 30.9. The second kappa shape index (κ2) is 53.4. The molecule has 0 heterocycles. The van der Waals surface area contributed by atoms with Crippen LogP contribution in [0.4, 0.5) is 0 Å². The molecule has 95 heavy (non-hydrogen) atoms. The number of hydrogen-bond acceptors (Lipinski definition) is 10. The van der Waals surface area contributed by atoms with Crippen molar-refractivity contribution >= 4 is 0 Å². The van der Waals surface area contributed by atoms with Gasteiger partial charge in [-0.3, -0.25) is 0 Å². The third-order valence-electron chi connectivity index (χ3n) is 22.5. The summed E-state index contributed by atoms with van der Waals surface area (Å²) in [7, 11) is 0. The van der Waals surface area contributed by atoms with Gasteiger partial charge in [0.15, 0.2) is 0 Å². The average Bonchev–Trinajstić information content (AvgIpc) is 2.57. The van der Waals surface area contributed by atoms with Gasteiger partial charge >= 0.3 is 0 Å². The van der Waals surface area contributed by atoms with E-state index in [-0.39, 0.29) is 0 Å². The van der Waals surface area contributed by atoms with Crippen LogP contribution >= 0.6 is 0 Å². The largest absolute Gasteiger partial charge is 0.330 e.